The molecule has 3 unspecified atom stereocenters. The highest BCUT2D eigenvalue weighted by atomic mass is 15.2. The van der Waals surface area contributed by atoms with Gasteiger partial charge in [0.25, 0.3) is 0 Å². The second-order valence-electron chi connectivity index (χ2n) is 6.38. The fourth-order valence-electron chi connectivity index (χ4n) is 3.79. The van der Waals surface area contributed by atoms with E-state index in [1.807, 2.05) is 0 Å². The van der Waals surface area contributed by atoms with Crippen molar-refractivity contribution in [3.8, 4) is 0 Å². The van der Waals surface area contributed by atoms with Gasteiger partial charge in [0.1, 0.15) is 0 Å². The van der Waals surface area contributed by atoms with Gasteiger partial charge in [-0.05, 0) is 56.5 Å². The maximum absolute atomic E-state index is 3.91. The van der Waals surface area contributed by atoms with Gasteiger partial charge in [0.05, 0.1) is 0 Å². The molecule has 2 heteroatoms. The third kappa shape index (κ3) is 2.14. The van der Waals surface area contributed by atoms with Crippen molar-refractivity contribution >= 4 is 0 Å². The van der Waals surface area contributed by atoms with Gasteiger partial charge in [0.15, 0.2) is 0 Å². The summed E-state index contributed by atoms with van der Waals surface area (Å²) in [7, 11) is 0. The number of hydrogen-bond donors (Lipinski definition) is 1. The molecule has 0 aromatic carbocycles. The molecule has 1 aliphatic carbocycles. The Bertz CT molecular complexity index is 247. The van der Waals surface area contributed by atoms with Crippen LogP contribution in [0.25, 0.3) is 0 Å². The molecule has 2 saturated heterocycles. The molecule has 1 saturated carbocycles. The Morgan fingerprint density at radius 1 is 1.25 bits per heavy atom. The summed E-state index contributed by atoms with van der Waals surface area (Å²) >= 11 is 0. The summed E-state index contributed by atoms with van der Waals surface area (Å²) in [6.45, 7) is 7.72. The molecule has 0 radical (unpaired) electrons. The second kappa shape index (κ2) is 4.30. The summed E-state index contributed by atoms with van der Waals surface area (Å²) in [5.41, 5.74) is 0.727. The van der Waals surface area contributed by atoms with Gasteiger partial charge in [-0.25, -0.2) is 0 Å². The Labute approximate surface area is 99.8 Å². The SMILES string of the molecule is CCCC1(CNC2CCN3CCC2C3)CC1. The first kappa shape index (κ1) is 11.0. The summed E-state index contributed by atoms with van der Waals surface area (Å²) in [5.74, 6) is 0.964. The standard InChI is InChI=1S/C14H26N2/c1-2-5-14(6-7-14)11-15-13-4-9-16-8-3-12(13)10-16/h12-13,15H,2-11H2,1H3. The highest BCUT2D eigenvalue weighted by Gasteiger charge is 2.42. The molecule has 3 aliphatic rings. The van der Waals surface area contributed by atoms with Crippen LogP contribution in [-0.2, 0) is 0 Å². The van der Waals surface area contributed by atoms with Crippen molar-refractivity contribution in [2.45, 2.75) is 51.5 Å². The minimum Gasteiger partial charge on any atom is -0.313 e. The number of fused-ring (bicyclic) bond motifs is 2. The third-order valence-electron chi connectivity index (χ3n) is 5.11. The van der Waals surface area contributed by atoms with Crippen LogP contribution in [0.2, 0.25) is 0 Å². The molecule has 3 rings (SSSR count). The van der Waals surface area contributed by atoms with Crippen molar-refractivity contribution in [1.29, 1.82) is 0 Å². The zero-order valence-electron chi connectivity index (χ0n) is 10.7. The van der Waals surface area contributed by atoms with E-state index in [1.165, 1.54) is 64.7 Å². The fraction of sp³-hybridized carbons (Fsp3) is 1.00. The normalized spacial score (nSPS) is 39.9. The van der Waals surface area contributed by atoms with Crippen molar-refractivity contribution in [2.75, 3.05) is 26.2 Å². The second-order valence-corrected chi connectivity index (χ2v) is 6.38. The number of rotatable bonds is 5. The third-order valence-corrected chi connectivity index (χ3v) is 5.11. The van der Waals surface area contributed by atoms with Crippen LogP contribution in [0.5, 0.6) is 0 Å². The van der Waals surface area contributed by atoms with Crippen LogP contribution in [0.15, 0.2) is 0 Å². The number of hydrogen-bond acceptors (Lipinski definition) is 2. The molecule has 3 fully saturated rings. The Hall–Kier alpha value is -0.0800. The predicted molar refractivity (Wildman–Crippen MR) is 67.5 cm³/mol. The lowest BCUT2D eigenvalue weighted by molar-refractivity contribution is 0.212. The molecule has 2 bridgehead atoms. The summed E-state index contributed by atoms with van der Waals surface area (Å²) in [6, 6.07) is 0.841. The van der Waals surface area contributed by atoms with Gasteiger partial charge in [-0.15, -0.1) is 0 Å². The Balaban J connectivity index is 1.48. The van der Waals surface area contributed by atoms with Crippen molar-refractivity contribution in [2.24, 2.45) is 11.3 Å². The highest BCUT2D eigenvalue weighted by Crippen LogP contribution is 2.49. The van der Waals surface area contributed by atoms with E-state index >= 15 is 0 Å². The van der Waals surface area contributed by atoms with E-state index in [1.54, 1.807) is 0 Å². The van der Waals surface area contributed by atoms with E-state index in [0.29, 0.717) is 0 Å². The quantitative estimate of drug-likeness (QED) is 0.767. The monoisotopic (exact) mass is 222 g/mol. The van der Waals surface area contributed by atoms with E-state index in [0.717, 1.165) is 17.4 Å². The molecule has 3 atom stereocenters. The van der Waals surface area contributed by atoms with E-state index in [9.17, 15) is 0 Å². The van der Waals surface area contributed by atoms with Crippen molar-refractivity contribution in [3.63, 3.8) is 0 Å². The number of nitrogens with one attached hydrogen (secondary N) is 1. The summed E-state index contributed by atoms with van der Waals surface area (Å²) in [5, 5.41) is 3.91. The molecule has 2 nitrogen and oxygen atoms in total. The molecular weight excluding hydrogens is 196 g/mol. The molecule has 0 aromatic rings. The largest absolute Gasteiger partial charge is 0.313 e. The van der Waals surface area contributed by atoms with E-state index in [-0.39, 0.29) is 0 Å². The van der Waals surface area contributed by atoms with Crippen molar-refractivity contribution in [1.82, 2.24) is 10.2 Å². The van der Waals surface area contributed by atoms with Crippen LogP contribution in [0, 0.1) is 11.3 Å². The summed E-state index contributed by atoms with van der Waals surface area (Å²) in [6.07, 6.45) is 8.62. The summed E-state index contributed by atoms with van der Waals surface area (Å²) < 4.78 is 0. The van der Waals surface area contributed by atoms with Gasteiger partial charge in [-0.3, -0.25) is 0 Å². The molecule has 2 heterocycles. The van der Waals surface area contributed by atoms with Crippen molar-refractivity contribution in [3.05, 3.63) is 0 Å². The average Bonchev–Trinajstić information content (AvgIpc) is 2.95. The fourth-order valence-corrected chi connectivity index (χ4v) is 3.79. The average molecular weight is 222 g/mol. The van der Waals surface area contributed by atoms with Crippen LogP contribution in [-0.4, -0.2) is 37.1 Å². The van der Waals surface area contributed by atoms with Crippen LogP contribution < -0.4 is 5.32 Å². The van der Waals surface area contributed by atoms with Gasteiger partial charge in [-0.1, -0.05) is 13.3 Å². The lowest BCUT2D eigenvalue weighted by Crippen LogP contribution is -2.45. The molecule has 0 aromatic heterocycles. The van der Waals surface area contributed by atoms with Gasteiger partial charge in [0.2, 0.25) is 0 Å². The Morgan fingerprint density at radius 3 is 2.81 bits per heavy atom. The topological polar surface area (TPSA) is 15.3 Å². The molecule has 0 amide bonds. The van der Waals surface area contributed by atoms with Gasteiger partial charge in [-0.2, -0.15) is 0 Å². The number of nitrogens with zero attached hydrogens (tertiary/aromatic N) is 1. The molecule has 16 heavy (non-hydrogen) atoms. The zero-order valence-corrected chi connectivity index (χ0v) is 10.7. The van der Waals surface area contributed by atoms with E-state index in [4.69, 9.17) is 0 Å². The van der Waals surface area contributed by atoms with E-state index in [2.05, 4.69) is 17.1 Å². The smallest absolute Gasteiger partial charge is 0.0120 e. The first-order valence-electron chi connectivity index (χ1n) is 7.27. The van der Waals surface area contributed by atoms with Crippen LogP contribution in [0.4, 0.5) is 0 Å². The maximum atomic E-state index is 3.91. The minimum atomic E-state index is 0.727. The van der Waals surface area contributed by atoms with Gasteiger partial charge >= 0.3 is 0 Å². The van der Waals surface area contributed by atoms with Crippen molar-refractivity contribution < 1.29 is 0 Å². The first-order valence-corrected chi connectivity index (χ1v) is 7.27. The van der Waals surface area contributed by atoms with Gasteiger partial charge < -0.3 is 10.2 Å². The molecule has 2 aliphatic heterocycles. The van der Waals surface area contributed by atoms with E-state index < -0.39 is 0 Å². The Morgan fingerprint density at radius 2 is 2.06 bits per heavy atom. The molecule has 0 spiro atoms. The van der Waals surface area contributed by atoms with Crippen LogP contribution >= 0.6 is 0 Å². The number of piperidine rings is 1. The van der Waals surface area contributed by atoms with Crippen LogP contribution in [0.1, 0.15) is 45.4 Å². The lowest BCUT2D eigenvalue weighted by Gasteiger charge is -2.32. The highest BCUT2D eigenvalue weighted by molar-refractivity contribution is 4.97. The zero-order chi connectivity index (χ0) is 11.0. The lowest BCUT2D eigenvalue weighted by atomic mass is 9.92. The minimum absolute atomic E-state index is 0.727. The molecule has 1 N–H and O–H groups in total. The first-order chi connectivity index (χ1) is 7.81. The Kier molecular flexibility index (Phi) is 2.97. The molecular formula is C14H26N2. The maximum Gasteiger partial charge on any atom is 0.0120 e. The molecule has 92 valence electrons. The summed E-state index contributed by atoms with van der Waals surface area (Å²) in [4.78, 5) is 2.64. The van der Waals surface area contributed by atoms with Gasteiger partial charge in [0, 0.05) is 19.1 Å². The van der Waals surface area contributed by atoms with Crippen LogP contribution in [0.3, 0.4) is 0 Å². The predicted octanol–water partition coefficient (Wildman–Crippen LogP) is 2.25.